The van der Waals surface area contributed by atoms with E-state index in [1.807, 2.05) is 18.2 Å². The normalized spacial score (nSPS) is 11.3. The number of hydrogen-bond donors (Lipinski definition) is 1. The first-order valence-electron chi connectivity index (χ1n) is 8.62. The minimum Gasteiger partial charge on any atom is -0.491 e. The molecular weight excluding hydrogens is 298 g/mol. The second-order valence-corrected chi connectivity index (χ2v) is 5.98. The van der Waals surface area contributed by atoms with Gasteiger partial charge in [-0.3, -0.25) is 0 Å². The Morgan fingerprint density at radius 2 is 1.88 bits per heavy atom. The van der Waals surface area contributed by atoms with Gasteiger partial charge in [0, 0.05) is 6.54 Å². The van der Waals surface area contributed by atoms with Crippen LogP contribution in [0.5, 0.6) is 5.75 Å². The van der Waals surface area contributed by atoms with Crippen molar-refractivity contribution in [2.75, 3.05) is 26.2 Å². The summed E-state index contributed by atoms with van der Waals surface area (Å²) in [5.41, 5.74) is 4.27. The van der Waals surface area contributed by atoms with E-state index in [1.165, 1.54) is 5.56 Å². The number of H-pyrrole nitrogens is 1. The first kappa shape index (κ1) is 16.5. The van der Waals surface area contributed by atoms with Gasteiger partial charge in [-0.25, -0.2) is 4.98 Å². The van der Waals surface area contributed by atoms with Gasteiger partial charge >= 0.3 is 0 Å². The van der Waals surface area contributed by atoms with Crippen LogP contribution in [0.2, 0.25) is 0 Å². The summed E-state index contributed by atoms with van der Waals surface area (Å²) < 4.78 is 6.04. The molecule has 24 heavy (non-hydrogen) atoms. The molecule has 3 rings (SSSR count). The Morgan fingerprint density at radius 1 is 1.08 bits per heavy atom. The van der Waals surface area contributed by atoms with E-state index in [-0.39, 0.29) is 0 Å². The van der Waals surface area contributed by atoms with Crippen molar-refractivity contribution in [1.29, 1.82) is 0 Å². The Kier molecular flexibility index (Phi) is 5.16. The second kappa shape index (κ2) is 7.49. The molecule has 0 aliphatic carbocycles. The highest BCUT2D eigenvalue weighted by Crippen LogP contribution is 2.29. The van der Waals surface area contributed by atoms with Crippen LogP contribution < -0.4 is 4.74 Å². The minimum atomic E-state index is 0.679. The number of ether oxygens (including phenoxy) is 1. The highest BCUT2D eigenvalue weighted by molar-refractivity contribution is 5.81. The molecular formula is C20H25N3O. The van der Waals surface area contributed by atoms with Crippen LogP contribution in [0.25, 0.3) is 22.4 Å². The summed E-state index contributed by atoms with van der Waals surface area (Å²) in [5, 5.41) is 0. The third-order valence-corrected chi connectivity index (χ3v) is 4.34. The summed E-state index contributed by atoms with van der Waals surface area (Å²) in [4.78, 5) is 10.5. The Balaban J connectivity index is 1.82. The van der Waals surface area contributed by atoms with Crippen LogP contribution in [-0.4, -0.2) is 41.1 Å². The van der Waals surface area contributed by atoms with E-state index in [2.05, 4.69) is 54.9 Å². The third kappa shape index (κ3) is 3.60. The van der Waals surface area contributed by atoms with Gasteiger partial charge < -0.3 is 14.6 Å². The van der Waals surface area contributed by atoms with Gasteiger partial charge in [0.2, 0.25) is 0 Å². The number of benzene rings is 2. The number of hydrogen-bond acceptors (Lipinski definition) is 3. The molecule has 0 aliphatic heterocycles. The molecule has 0 saturated carbocycles. The van der Waals surface area contributed by atoms with Gasteiger partial charge in [-0.05, 0) is 49.8 Å². The molecule has 3 aromatic rings. The fraction of sp³-hybridized carbons (Fsp3) is 0.350. The van der Waals surface area contributed by atoms with E-state index < -0.39 is 0 Å². The van der Waals surface area contributed by atoms with Crippen LogP contribution in [0, 0.1) is 6.92 Å². The van der Waals surface area contributed by atoms with Crippen molar-refractivity contribution < 1.29 is 4.74 Å². The van der Waals surface area contributed by atoms with E-state index in [0.717, 1.165) is 47.8 Å². The van der Waals surface area contributed by atoms with E-state index in [9.17, 15) is 0 Å². The molecule has 4 heteroatoms. The molecule has 0 fully saturated rings. The van der Waals surface area contributed by atoms with Crippen LogP contribution in [-0.2, 0) is 0 Å². The molecule has 0 radical (unpaired) electrons. The number of nitrogens with one attached hydrogen (secondary N) is 1. The average Bonchev–Trinajstić information content (AvgIpc) is 3.02. The molecule has 0 saturated heterocycles. The van der Waals surface area contributed by atoms with Crippen LogP contribution in [0.3, 0.4) is 0 Å². The maximum Gasteiger partial charge on any atom is 0.142 e. The van der Waals surface area contributed by atoms with Crippen LogP contribution in [0.4, 0.5) is 0 Å². The summed E-state index contributed by atoms with van der Waals surface area (Å²) in [7, 11) is 0. The number of aromatic amines is 1. The number of likely N-dealkylation sites (N-methyl/N-ethyl adjacent to an activating group) is 1. The number of aromatic nitrogens is 2. The van der Waals surface area contributed by atoms with Crippen molar-refractivity contribution in [3.05, 3.63) is 48.0 Å². The Labute approximate surface area is 143 Å². The van der Waals surface area contributed by atoms with Crippen molar-refractivity contribution in [3.8, 4) is 17.1 Å². The number of fused-ring (bicyclic) bond motifs is 1. The van der Waals surface area contributed by atoms with Gasteiger partial charge in [-0.1, -0.05) is 32.0 Å². The first-order chi connectivity index (χ1) is 11.7. The smallest absolute Gasteiger partial charge is 0.142 e. The fourth-order valence-corrected chi connectivity index (χ4v) is 2.86. The molecule has 4 nitrogen and oxygen atoms in total. The predicted octanol–water partition coefficient (Wildman–Crippen LogP) is 4.26. The highest BCUT2D eigenvalue weighted by atomic mass is 16.5. The maximum atomic E-state index is 6.04. The van der Waals surface area contributed by atoms with Crippen molar-refractivity contribution in [2.45, 2.75) is 20.8 Å². The molecule has 126 valence electrons. The highest BCUT2D eigenvalue weighted by Gasteiger charge is 2.11. The van der Waals surface area contributed by atoms with Crippen molar-refractivity contribution in [3.63, 3.8) is 0 Å². The standard InChI is InChI=1S/C20H25N3O/c1-4-23(5-2)12-13-24-19-9-7-6-8-16(19)20-21-17-11-10-15(3)14-18(17)22-20/h6-11,14H,4-5,12-13H2,1-3H3,(H,21,22). The van der Waals surface area contributed by atoms with Crippen LogP contribution in [0.1, 0.15) is 19.4 Å². The number of rotatable bonds is 7. The Morgan fingerprint density at radius 3 is 2.67 bits per heavy atom. The SMILES string of the molecule is CCN(CC)CCOc1ccccc1-c1nc2ccc(C)cc2[nH]1. The largest absolute Gasteiger partial charge is 0.491 e. The summed E-state index contributed by atoms with van der Waals surface area (Å²) >= 11 is 0. The van der Waals surface area contributed by atoms with E-state index in [0.29, 0.717) is 6.61 Å². The number of aryl methyl sites for hydroxylation is 1. The Bertz CT molecular complexity index is 806. The second-order valence-electron chi connectivity index (χ2n) is 5.98. The van der Waals surface area contributed by atoms with Gasteiger partial charge in [0.1, 0.15) is 18.2 Å². The molecule has 0 unspecified atom stereocenters. The zero-order valence-corrected chi connectivity index (χ0v) is 14.7. The first-order valence-corrected chi connectivity index (χ1v) is 8.62. The van der Waals surface area contributed by atoms with Crippen LogP contribution >= 0.6 is 0 Å². The summed E-state index contributed by atoms with van der Waals surface area (Å²) in [5.74, 6) is 1.73. The zero-order valence-electron chi connectivity index (χ0n) is 14.7. The molecule has 0 spiro atoms. The monoisotopic (exact) mass is 323 g/mol. The Hall–Kier alpha value is -2.33. The van der Waals surface area contributed by atoms with Gasteiger partial charge in [0.05, 0.1) is 16.6 Å². The summed E-state index contributed by atoms with van der Waals surface area (Å²) in [6, 6.07) is 14.3. The molecule has 0 atom stereocenters. The third-order valence-electron chi connectivity index (χ3n) is 4.34. The quantitative estimate of drug-likeness (QED) is 0.706. The summed E-state index contributed by atoms with van der Waals surface area (Å²) in [6.07, 6.45) is 0. The van der Waals surface area contributed by atoms with Gasteiger partial charge in [0.25, 0.3) is 0 Å². The van der Waals surface area contributed by atoms with Crippen molar-refractivity contribution in [1.82, 2.24) is 14.9 Å². The zero-order chi connectivity index (χ0) is 16.9. The summed E-state index contributed by atoms with van der Waals surface area (Å²) in [6.45, 7) is 10.1. The van der Waals surface area contributed by atoms with Gasteiger partial charge in [-0.15, -0.1) is 0 Å². The molecule has 0 aliphatic rings. The number of para-hydroxylation sites is 1. The van der Waals surface area contributed by atoms with Crippen LogP contribution in [0.15, 0.2) is 42.5 Å². The van der Waals surface area contributed by atoms with Gasteiger partial charge in [-0.2, -0.15) is 0 Å². The fourth-order valence-electron chi connectivity index (χ4n) is 2.86. The molecule has 0 bridgehead atoms. The average molecular weight is 323 g/mol. The molecule has 0 amide bonds. The maximum absolute atomic E-state index is 6.04. The molecule has 1 N–H and O–H groups in total. The molecule has 1 heterocycles. The van der Waals surface area contributed by atoms with Gasteiger partial charge in [0.15, 0.2) is 0 Å². The lowest BCUT2D eigenvalue weighted by Crippen LogP contribution is -2.27. The van der Waals surface area contributed by atoms with E-state index >= 15 is 0 Å². The lowest BCUT2D eigenvalue weighted by Gasteiger charge is -2.18. The topological polar surface area (TPSA) is 41.1 Å². The van der Waals surface area contributed by atoms with Crippen molar-refractivity contribution >= 4 is 11.0 Å². The van der Waals surface area contributed by atoms with E-state index in [4.69, 9.17) is 9.72 Å². The minimum absolute atomic E-state index is 0.679. The van der Waals surface area contributed by atoms with Crippen molar-refractivity contribution in [2.24, 2.45) is 0 Å². The van der Waals surface area contributed by atoms with E-state index in [1.54, 1.807) is 0 Å². The molecule has 2 aromatic carbocycles. The lowest BCUT2D eigenvalue weighted by atomic mass is 10.2. The predicted molar refractivity (Wildman–Crippen MR) is 99.5 cm³/mol. The number of nitrogens with zero attached hydrogens (tertiary/aromatic N) is 2. The molecule has 1 aromatic heterocycles. The lowest BCUT2D eigenvalue weighted by molar-refractivity contribution is 0.223. The number of imidazole rings is 1.